The summed E-state index contributed by atoms with van der Waals surface area (Å²) in [6.07, 6.45) is 6.74. The number of piperidine rings is 1. The summed E-state index contributed by atoms with van der Waals surface area (Å²) < 4.78 is 5.54. The van der Waals surface area contributed by atoms with Crippen LogP contribution in [0.1, 0.15) is 43.5 Å². The van der Waals surface area contributed by atoms with Crippen molar-refractivity contribution in [2.24, 2.45) is 0 Å². The zero-order valence-electron chi connectivity index (χ0n) is 16.7. The van der Waals surface area contributed by atoms with Crippen LogP contribution in [0.2, 0.25) is 0 Å². The number of nitrogens with one attached hydrogen (secondary N) is 1. The summed E-state index contributed by atoms with van der Waals surface area (Å²) in [5.41, 5.74) is 2.76. The Morgan fingerprint density at radius 2 is 2.07 bits per heavy atom. The predicted octanol–water partition coefficient (Wildman–Crippen LogP) is 3.96. The van der Waals surface area contributed by atoms with Crippen LogP contribution in [0.15, 0.2) is 59.7 Å². The molecule has 0 bridgehead atoms. The standard InChI is InChI=1S/C23H26N4O2/c1-2-29-19-10-8-17(9-11-19)16-27-13-4-3-7-21(27)20-14-22(28)26-23(25-20)18-6-5-12-24-15-18/h5-6,8-12,14-15,21H,2-4,7,13,16H2,1H3,(H,25,26,28). The molecule has 3 aromatic rings. The second kappa shape index (κ2) is 9.01. The molecule has 1 unspecified atom stereocenters. The Morgan fingerprint density at radius 3 is 2.83 bits per heavy atom. The quantitative estimate of drug-likeness (QED) is 0.690. The highest BCUT2D eigenvalue weighted by molar-refractivity contribution is 5.52. The van der Waals surface area contributed by atoms with Crippen molar-refractivity contribution in [1.29, 1.82) is 0 Å². The van der Waals surface area contributed by atoms with Crippen molar-refractivity contribution in [2.75, 3.05) is 13.2 Å². The number of hydrogen-bond donors (Lipinski definition) is 1. The van der Waals surface area contributed by atoms with Gasteiger partial charge >= 0.3 is 0 Å². The van der Waals surface area contributed by atoms with Crippen LogP contribution in [0.3, 0.4) is 0 Å². The summed E-state index contributed by atoms with van der Waals surface area (Å²) in [4.78, 5) is 26.6. The van der Waals surface area contributed by atoms with Gasteiger partial charge in [-0.15, -0.1) is 0 Å². The van der Waals surface area contributed by atoms with Crippen LogP contribution in [-0.2, 0) is 6.54 Å². The Labute approximate surface area is 170 Å². The lowest BCUT2D eigenvalue weighted by Crippen LogP contribution is -2.34. The van der Waals surface area contributed by atoms with E-state index in [1.54, 1.807) is 18.5 Å². The molecule has 0 amide bonds. The Kier molecular flexibility index (Phi) is 6.00. The second-order valence-corrected chi connectivity index (χ2v) is 7.32. The Morgan fingerprint density at radius 1 is 1.21 bits per heavy atom. The van der Waals surface area contributed by atoms with Gasteiger partial charge in [-0.3, -0.25) is 14.7 Å². The topological polar surface area (TPSA) is 71.1 Å². The summed E-state index contributed by atoms with van der Waals surface area (Å²) in [6, 6.07) is 13.8. The maximum absolute atomic E-state index is 12.3. The fourth-order valence-electron chi connectivity index (χ4n) is 3.89. The molecule has 1 aliphatic rings. The molecular weight excluding hydrogens is 364 g/mol. The number of aromatic amines is 1. The number of hydrogen-bond acceptors (Lipinski definition) is 5. The van der Waals surface area contributed by atoms with Crippen LogP contribution in [0.4, 0.5) is 0 Å². The third-order valence-electron chi connectivity index (χ3n) is 5.27. The molecule has 0 saturated carbocycles. The molecule has 6 heteroatoms. The van der Waals surface area contributed by atoms with E-state index in [9.17, 15) is 4.79 Å². The number of rotatable bonds is 6. The molecule has 1 atom stereocenters. The van der Waals surface area contributed by atoms with Crippen molar-refractivity contribution in [3.63, 3.8) is 0 Å². The molecule has 1 saturated heterocycles. The van der Waals surface area contributed by atoms with Crippen molar-refractivity contribution in [3.05, 3.63) is 76.5 Å². The lowest BCUT2D eigenvalue weighted by Gasteiger charge is -2.35. The Balaban J connectivity index is 1.59. The molecule has 29 heavy (non-hydrogen) atoms. The average molecular weight is 390 g/mol. The highest BCUT2D eigenvalue weighted by Gasteiger charge is 2.26. The number of likely N-dealkylation sites (tertiary alicyclic amines) is 1. The molecule has 1 fully saturated rings. The van der Waals surface area contributed by atoms with Gasteiger partial charge < -0.3 is 9.72 Å². The highest BCUT2D eigenvalue weighted by atomic mass is 16.5. The largest absolute Gasteiger partial charge is 0.494 e. The van der Waals surface area contributed by atoms with Crippen LogP contribution in [-0.4, -0.2) is 33.0 Å². The molecule has 1 aliphatic heterocycles. The van der Waals surface area contributed by atoms with E-state index in [-0.39, 0.29) is 11.6 Å². The van der Waals surface area contributed by atoms with Gasteiger partial charge in [-0.05, 0) is 56.1 Å². The van der Waals surface area contributed by atoms with Gasteiger partial charge in [0.25, 0.3) is 5.56 Å². The summed E-state index contributed by atoms with van der Waals surface area (Å²) in [5, 5.41) is 0. The second-order valence-electron chi connectivity index (χ2n) is 7.32. The first-order valence-electron chi connectivity index (χ1n) is 10.2. The maximum Gasteiger partial charge on any atom is 0.251 e. The van der Waals surface area contributed by atoms with E-state index in [2.05, 4.69) is 27.0 Å². The van der Waals surface area contributed by atoms with Crippen LogP contribution < -0.4 is 10.3 Å². The number of H-pyrrole nitrogens is 1. The van der Waals surface area contributed by atoms with E-state index in [0.717, 1.165) is 49.4 Å². The van der Waals surface area contributed by atoms with Gasteiger partial charge in [0.15, 0.2) is 0 Å². The van der Waals surface area contributed by atoms with Crippen molar-refractivity contribution >= 4 is 0 Å². The van der Waals surface area contributed by atoms with E-state index in [1.165, 1.54) is 5.56 Å². The van der Waals surface area contributed by atoms with Crippen LogP contribution >= 0.6 is 0 Å². The fraction of sp³-hybridized carbons (Fsp3) is 0.348. The summed E-state index contributed by atoms with van der Waals surface area (Å²) in [6.45, 7) is 4.48. The number of nitrogens with zero attached hydrogens (tertiary/aromatic N) is 3. The third kappa shape index (κ3) is 4.71. The van der Waals surface area contributed by atoms with Crippen molar-refractivity contribution in [2.45, 2.75) is 38.8 Å². The van der Waals surface area contributed by atoms with Crippen molar-refractivity contribution < 1.29 is 4.74 Å². The van der Waals surface area contributed by atoms with E-state index in [0.29, 0.717) is 12.4 Å². The predicted molar refractivity (Wildman–Crippen MR) is 113 cm³/mol. The first kappa shape index (κ1) is 19.3. The van der Waals surface area contributed by atoms with Gasteiger partial charge in [0, 0.05) is 30.6 Å². The zero-order chi connectivity index (χ0) is 20.1. The molecule has 150 valence electrons. The van der Waals surface area contributed by atoms with E-state index in [1.807, 2.05) is 31.2 Å². The van der Waals surface area contributed by atoms with E-state index in [4.69, 9.17) is 9.72 Å². The van der Waals surface area contributed by atoms with Crippen molar-refractivity contribution in [3.8, 4) is 17.1 Å². The molecule has 4 rings (SSSR count). The number of pyridine rings is 1. The molecule has 0 aliphatic carbocycles. The highest BCUT2D eigenvalue weighted by Crippen LogP contribution is 2.31. The minimum absolute atomic E-state index is 0.125. The smallest absolute Gasteiger partial charge is 0.251 e. The van der Waals surface area contributed by atoms with Gasteiger partial charge in [0.1, 0.15) is 11.6 Å². The SMILES string of the molecule is CCOc1ccc(CN2CCCCC2c2cc(=O)[nH]c(-c3cccnc3)n2)cc1. The lowest BCUT2D eigenvalue weighted by atomic mass is 9.98. The van der Waals surface area contributed by atoms with Crippen molar-refractivity contribution in [1.82, 2.24) is 19.9 Å². The van der Waals surface area contributed by atoms with Gasteiger partial charge in [-0.2, -0.15) is 0 Å². The molecule has 6 nitrogen and oxygen atoms in total. The Bertz CT molecular complexity index is 986. The minimum Gasteiger partial charge on any atom is -0.494 e. The van der Waals surface area contributed by atoms with Gasteiger partial charge in [0.2, 0.25) is 0 Å². The third-order valence-corrected chi connectivity index (χ3v) is 5.27. The lowest BCUT2D eigenvalue weighted by molar-refractivity contribution is 0.137. The first-order chi connectivity index (χ1) is 14.2. The number of aromatic nitrogens is 3. The van der Waals surface area contributed by atoms with Crippen LogP contribution in [0.25, 0.3) is 11.4 Å². The van der Waals surface area contributed by atoms with Gasteiger partial charge in [0.05, 0.1) is 18.3 Å². The minimum atomic E-state index is -0.125. The average Bonchev–Trinajstić information content (AvgIpc) is 2.76. The fourth-order valence-corrected chi connectivity index (χ4v) is 3.89. The number of benzene rings is 1. The zero-order valence-corrected chi connectivity index (χ0v) is 16.7. The molecular formula is C23H26N4O2. The molecule has 1 N–H and O–H groups in total. The summed E-state index contributed by atoms with van der Waals surface area (Å²) >= 11 is 0. The molecule has 1 aromatic carbocycles. The Hall–Kier alpha value is -2.99. The molecule has 2 aromatic heterocycles. The van der Waals surface area contributed by atoms with Crippen LogP contribution in [0, 0.1) is 0 Å². The van der Waals surface area contributed by atoms with Crippen LogP contribution in [0.5, 0.6) is 5.75 Å². The van der Waals surface area contributed by atoms with Gasteiger partial charge in [-0.1, -0.05) is 18.6 Å². The normalized spacial score (nSPS) is 17.2. The maximum atomic E-state index is 12.3. The van der Waals surface area contributed by atoms with E-state index < -0.39 is 0 Å². The monoisotopic (exact) mass is 390 g/mol. The van der Waals surface area contributed by atoms with Gasteiger partial charge in [-0.25, -0.2) is 4.98 Å². The summed E-state index contributed by atoms with van der Waals surface area (Å²) in [5.74, 6) is 1.47. The molecule has 3 heterocycles. The number of ether oxygens (including phenoxy) is 1. The molecule has 0 radical (unpaired) electrons. The summed E-state index contributed by atoms with van der Waals surface area (Å²) in [7, 11) is 0. The van der Waals surface area contributed by atoms with E-state index >= 15 is 0 Å². The first-order valence-corrected chi connectivity index (χ1v) is 10.2. The molecule has 0 spiro atoms.